The van der Waals surface area contributed by atoms with Crippen molar-refractivity contribution in [3.63, 3.8) is 0 Å². The highest BCUT2D eigenvalue weighted by atomic mass is 35.9. The summed E-state index contributed by atoms with van der Waals surface area (Å²) in [7, 11) is 0. The molecule has 0 spiro atoms. The molecule has 1 aromatic rings. The molecule has 0 aliphatic carbocycles. The third-order valence-electron chi connectivity index (χ3n) is 2.93. The molecule has 0 amide bonds. The first kappa shape index (κ1) is 17.6. The number of nitrogens with zero attached hydrogens (tertiary/aromatic N) is 2. The number of nitrogen functional groups attached to an aromatic ring is 1. The van der Waals surface area contributed by atoms with Crippen molar-refractivity contribution in [2.75, 3.05) is 12.3 Å². The summed E-state index contributed by atoms with van der Waals surface area (Å²) in [6.07, 6.45) is -8.93. The minimum Gasteiger partial charge on any atom is -0.387 e. The van der Waals surface area contributed by atoms with Crippen molar-refractivity contribution in [3.8, 4) is 0 Å². The van der Waals surface area contributed by atoms with Crippen LogP contribution >= 0.6 is 28.6 Å². The van der Waals surface area contributed by atoms with Gasteiger partial charge in [0.25, 0.3) is 0 Å². The lowest BCUT2D eigenvalue weighted by Gasteiger charge is -2.17. The van der Waals surface area contributed by atoms with Crippen LogP contribution in [0.25, 0.3) is 0 Å². The summed E-state index contributed by atoms with van der Waals surface area (Å²) in [5.41, 5.74) is 4.15. The predicted molar refractivity (Wildman–Crippen MR) is 74.1 cm³/mol. The molecule has 1 unspecified atom stereocenters. The lowest BCUT2D eigenvalue weighted by atomic mass is 10.1. The van der Waals surface area contributed by atoms with Gasteiger partial charge < -0.3 is 25.2 Å². The van der Waals surface area contributed by atoms with E-state index < -0.39 is 54.5 Å². The number of aromatic nitrogens is 2. The van der Waals surface area contributed by atoms with Gasteiger partial charge in [0, 0.05) is 0 Å². The molecular formula is C9H11Cl2FN3O6P. The van der Waals surface area contributed by atoms with Crippen LogP contribution in [0, 0.1) is 5.82 Å². The molecule has 2 heterocycles. The molecular weight excluding hydrogens is 367 g/mol. The molecule has 4 N–H and O–H groups in total. The average molecular weight is 378 g/mol. The fourth-order valence-corrected chi connectivity index (χ4v) is 2.56. The maximum atomic E-state index is 13.4. The monoisotopic (exact) mass is 377 g/mol. The van der Waals surface area contributed by atoms with E-state index in [1.807, 2.05) is 0 Å². The largest absolute Gasteiger partial charge is 0.387 e. The van der Waals surface area contributed by atoms with E-state index in [0.29, 0.717) is 10.8 Å². The number of nitrogens with two attached hydrogens (primary N) is 1. The van der Waals surface area contributed by atoms with E-state index in [1.165, 1.54) is 0 Å². The molecule has 1 aromatic heterocycles. The summed E-state index contributed by atoms with van der Waals surface area (Å²) in [6, 6.07) is 0. The smallest absolute Gasteiger partial charge is 0.380 e. The quantitative estimate of drug-likeness (QED) is 0.632. The Bertz CT molecular complexity index is 669. The molecule has 22 heavy (non-hydrogen) atoms. The molecule has 13 heteroatoms. The number of anilines is 1. The fraction of sp³-hybridized carbons (Fsp3) is 0.556. The second-order valence-corrected chi connectivity index (χ2v) is 8.70. The Kier molecular flexibility index (Phi) is 5.13. The van der Waals surface area contributed by atoms with Gasteiger partial charge in [-0.3, -0.25) is 9.13 Å². The van der Waals surface area contributed by atoms with Crippen molar-refractivity contribution in [2.24, 2.45) is 0 Å². The molecule has 1 saturated heterocycles. The molecule has 124 valence electrons. The first-order chi connectivity index (χ1) is 10.1. The summed E-state index contributed by atoms with van der Waals surface area (Å²) in [5.74, 6) is -1.62. The fourth-order valence-electron chi connectivity index (χ4n) is 1.90. The highest BCUT2D eigenvalue weighted by Crippen LogP contribution is 2.57. The van der Waals surface area contributed by atoms with Gasteiger partial charge in [-0.15, -0.1) is 0 Å². The Morgan fingerprint density at radius 2 is 2.14 bits per heavy atom. The highest BCUT2D eigenvalue weighted by molar-refractivity contribution is 8.05. The van der Waals surface area contributed by atoms with Gasteiger partial charge in [0.1, 0.15) is 18.3 Å². The summed E-state index contributed by atoms with van der Waals surface area (Å²) in [6.45, 7) is -0.515. The normalized spacial score (nSPS) is 29.0. The minimum absolute atomic E-state index is 0.515. The number of hydrogen-bond donors (Lipinski definition) is 3. The third kappa shape index (κ3) is 3.77. The van der Waals surface area contributed by atoms with Gasteiger partial charge in [-0.25, -0.2) is 9.18 Å². The Morgan fingerprint density at radius 3 is 2.73 bits per heavy atom. The molecule has 0 aromatic carbocycles. The molecule has 0 radical (unpaired) electrons. The highest BCUT2D eigenvalue weighted by Gasteiger charge is 2.45. The van der Waals surface area contributed by atoms with Crippen molar-refractivity contribution in [2.45, 2.75) is 24.5 Å². The molecule has 0 saturated carbocycles. The van der Waals surface area contributed by atoms with Crippen molar-refractivity contribution < 1.29 is 28.4 Å². The Labute approximate surface area is 132 Å². The lowest BCUT2D eigenvalue weighted by molar-refractivity contribution is -0.0510. The van der Waals surface area contributed by atoms with Crippen LogP contribution in [0.4, 0.5) is 10.2 Å². The summed E-state index contributed by atoms with van der Waals surface area (Å²) in [4.78, 5) is 14.9. The van der Waals surface area contributed by atoms with Gasteiger partial charge in [-0.1, -0.05) is 0 Å². The van der Waals surface area contributed by atoms with E-state index in [2.05, 4.69) is 9.51 Å². The molecule has 0 bridgehead atoms. The van der Waals surface area contributed by atoms with Crippen LogP contribution in [0.2, 0.25) is 0 Å². The number of ether oxygens (including phenoxy) is 1. The first-order valence-electron chi connectivity index (χ1n) is 5.80. The minimum atomic E-state index is -3.87. The van der Waals surface area contributed by atoms with E-state index in [-0.39, 0.29) is 0 Å². The van der Waals surface area contributed by atoms with E-state index in [4.69, 9.17) is 33.0 Å². The molecule has 1 fully saturated rings. The van der Waals surface area contributed by atoms with Gasteiger partial charge >= 0.3 is 11.8 Å². The zero-order valence-corrected chi connectivity index (χ0v) is 13.1. The number of rotatable bonds is 4. The van der Waals surface area contributed by atoms with Crippen LogP contribution in [0.1, 0.15) is 6.23 Å². The zero-order chi connectivity index (χ0) is 16.7. The topological polar surface area (TPSA) is 137 Å². The second-order valence-electron chi connectivity index (χ2n) is 4.42. The van der Waals surface area contributed by atoms with Crippen LogP contribution in [0.15, 0.2) is 11.0 Å². The number of aliphatic hydroxyl groups excluding tert-OH is 2. The van der Waals surface area contributed by atoms with Crippen LogP contribution in [0.5, 0.6) is 0 Å². The summed E-state index contributed by atoms with van der Waals surface area (Å²) < 4.78 is 34.8. The second kappa shape index (κ2) is 6.40. The van der Waals surface area contributed by atoms with E-state index in [1.54, 1.807) is 0 Å². The van der Waals surface area contributed by atoms with Gasteiger partial charge in [0.15, 0.2) is 17.9 Å². The molecule has 1 aliphatic heterocycles. The first-order valence-corrected chi connectivity index (χ1v) is 9.23. The number of halogens is 3. The third-order valence-corrected chi connectivity index (χ3v) is 3.97. The average Bonchev–Trinajstić information content (AvgIpc) is 2.68. The zero-order valence-electron chi connectivity index (χ0n) is 10.7. The maximum Gasteiger partial charge on any atom is 0.380 e. The molecule has 4 atom stereocenters. The van der Waals surface area contributed by atoms with Crippen molar-refractivity contribution >= 4 is 34.4 Å². The van der Waals surface area contributed by atoms with Crippen LogP contribution in [-0.4, -0.2) is 44.7 Å². The Hall–Kier alpha value is -0.740. The van der Waals surface area contributed by atoms with E-state index in [0.717, 1.165) is 0 Å². The summed E-state index contributed by atoms with van der Waals surface area (Å²) >= 11 is 10.4. The van der Waals surface area contributed by atoms with Crippen molar-refractivity contribution in [1.82, 2.24) is 9.55 Å². The maximum absolute atomic E-state index is 13.4. The molecule has 2 rings (SSSR count). The predicted octanol–water partition coefficient (Wildman–Crippen LogP) is 0.186. The number of hydrogen-bond acceptors (Lipinski definition) is 8. The van der Waals surface area contributed by atoms with Crippen molar-refractivity contribution in [3.05, 3.63) is 22.5 Å². The standard InChI is InChI=1S/C9H11Cl2FN3O6P/c10-22(11,19)20-2-4-5(16)6(17)8(21-4)15-1-3(12)7(13)14-9(15)18/h1,4-6,8,16-17H,2H2,(H2,13,14,18)/t4-,5?,6+,8-/m1/s1. The number of aliphatic hydroxyl groups is 2. The van der Waals surface area contributed by atoms with Gasteiger partial charge in [0.05, 0.1) is 12.8 Å². The van der Waals surface area contributed by atoms with Gasteiger partial charge in [-0.2, -0.15) is 4.98 Å². The summed E-state index contributed by atoms with van der Waals surface area (Å²) in [5, 5.41) is 19.7. The van der Waals surface area contributed by atoms with Gasteiger partial charge in [0.2, 0.25) is 0 Å². The Morgan fingerprint density at radius 1 is 1.50 bits per heavy atom. The van der Waals surface area contributed by atoms with Crippen molar-refractivity contribution in [1.29, 1.82) is 0 Å². The lowest BCUT2D eigenvalue weighted by Crippen LogP contribution is -2.36. The van der Waals surface area contributed by atoms with E-state index in [9.17, 15) is 24.0 Å². The molecule has 1 aliphatic rings. The van der Waals surface area contributed by atoms with E-state index >= 15 is 0 Å². The molecule has 9 nitrogen and oxygen atoms in total. The SMILES string of the molecule is Nc1nc(=O)n([C@@H]2O[C@H](COP(=O)(Cl)Cl)C(O)[C@@H]2O)cc1F. The van der Waals surface area contributed by atoms with Crippen LogP contribution in [-0.2, 0) is 13.8 Å². The Balaban J connectivity index is 2.22. The van der Waals surface area contributed by atoms with Crippen LogP contribution < -0.4 is 11.4 Å². The van der Waals surface area contributed by atoms with Crippen LogP contribution in [0.3, 0.4) is 0 Å². The van der Waals surface area contributed by atoms with Gasteiger partial charge in [-0.05, 0) is 22.5 Å².